The third kappa shape index (κ3) is 4.24. The van der Waals surface area contributed by atoms with E-state index in [-0.39, 0.29) is 12.7 Å². The molecule has 0 saturated carbocycles. The summed E-state index contributed by atoms with van der Waals surface area (Å²) in [7, 11) is 1.57. The quantitative estimate of drug-likeness (QED) is 0.661. The van der Waals surface area contributed by atoms with Gasteiger partial charge in [0.25, 0.3) is 5.91 Å². The zero-order valence-corrected chi connectivity index (χ0v) is 16.2. The van der Waals surface area contributed by atoms with Gasteiger partial charge in [-0.1, -0.05) is 12.1 Å². The third-order valence-corrected chi connectivity index (χ3v) is 4.53. The summed E-state index contributed by atoms with van der Waals surface area (Å²) < 4.78 is 16.0. The number of aromatic nitrogens is 1. The van der Waals surface area contributed by atoms with Gasteiger partial charge in [-0.2, -0.15) is 0 Å². The minimum absolute atomic E-state index is 0.258. The summed E-state index contributed by atoms with van der Waals surface area (Å²) in [4.78, 5) is 16.8. The van der Waals surface area contributed by atoms with Crippen molar-refractivity contribution in [3.8, 4) is 17.2 Å². The van der Waals surface area contributed by atoms with Crippen LogP contribution in [0.1, 0.15) is 21.6 Å². The molecule has 1 aliphatic rings. The summed E-state index contributed by atoms with van der Waals surface area (Å²) in [6.45, 7) is 2.81. The Morgan fingerprint density at radius 2 is 1.97 bits per heavy atom. The highest BCUT2D eigenvalue weighted by molar-refractivity contribution is 6.03. The lowest BCUT2D eigenvalue weighted by Crippen LogP contribution is -2.14. The Labute approximate surface area is 168 Å². The molecule has 29 heavy (non-hydrogen) atoms. The second kappa shape index (κ2) is 8.10. The summed E-state index contributed by atoms with van der Waals surface area (Å²) >= 11 is 0. The van der Waals surface area contributed by atoms with Crippen LogP contribution in [-0.2, 0) is 6.54 Å². The molecule has 148 valence electrons. The van der Waals surface area contributed by atoms with Gasteiger partial charge in [-0.15, -0.1) is 0 Å². The molecule has 0 saturated heterocycles. The molecule has 2 N–H and O–H groups in total. The number of pyridine rings is 1. The van der Waals surface area contributed by atoms with Crippen LogP contribution in [0.4, 0.5) is 11.4 Å². The van der Waals surface area contributed by atoms with E-state index < -0.39 is 0 Å². The standard InChI is InChI=1S/C22H21N3O4/c1-14-3-7-19(27-2)18(9-14)25-22(26)17-6-5-16(12-24-17)23-11-15-4-8-20-21(10-15)29-13-28-20/h3-10,12,23H,11,13H2,1-2H3,(H,25,26). The van der Waals surface area contributed by atoms with Crippen molar-refractivity contribution in [3.63, 3.8) is 0 Å². The number of nitrogens with zero attached hydrogens (tertiary/aromatic N) is 1. The SMILES string of the molecule is COc1ccc(C)cc1NC(=O)c1ccc(NCc2ccc3c(c2)OCO3)cn1. The zero-order valence-electron chi connectivity index (χ0n) is 16.2. The van der Waals surface area contributed by atoms with Crippen LogP contribution in [0.25, 0.3) is 0 Å². The molecule has 0 fully saturated rings. The van der Waals surface area contributed by atoms with E-state index in [9.17, 15) is 4.79 Å². The first-order valence-corrected chi connectivity index (χ1v) is 9.17. The maximum absolute atomic E-state index is 12.5. The van der Waals surface area contributed by atoms with E-state index in [1.165, 1.54) is 0 Å². The van der Waals surface area contributed by atoms with Crippen LogP contribution in [0.2, 0.25) is 0 Å². The topological polar surface area (TPSA) is 81.7 Å². The molecule has 0 aliphatic carbocycles. The first kappa shape index (κ1) is 18.6. The second-order valence-corrected chi connectivity index (χ2v) is 6.63. The van der Waals surface area contributed by atoms with Crippen molar-refractivity contribution < 1.29 is 19.0 Å². The Hall–Kier alpha value is -3.74. The van der Waals surface area contributed by atoms with Crippen molar-refractivity contribution >= 4 is 17.3 Å². The van der Waals surface area contributed by atoms with Crippen molar-refractivity contribution in [2.45, 2.75) is 13.5 Å². The van der Waals surface area contributed by atoms with E-state index >= 15 is 0 Å². The van der Waals surface area contributed by atoms with E-state index in [2.05, 4.69) is 15.6 Å². The van der Waals surface area contributed by atoms with E-state index in [1.54, 1.807) is 19.4 Å². The van der Waals surface area contributed by atoms with Gasteiger partial charge in [-0.05, 0) is 54.4 Å². The fourth-order valence-corrected chi connectivity index (χ4v) is 2.99. The number of rotatable bonds is 6. The number of hydrogen-bond donors (Lipinski definition) is 2. The molecule has 0 atom stereocenters. The Morgan fingerprint density at radius 1 is 1.10 bits per heavy atom. The molecule has 0 spiro atoms. The molecule has 0 radical (unpaired) electrons. The van der Waals surface area contributed by atoms with Gasteiger partial charge >= 0.3 is 0 Å². The number of ether oxygens (including phenoxy) is 3. The fraction of sp³-hybridized carbons (Fsp3) is 0.182. The zero-order chi connectivity index (χ0) is 20.2. The molecule has 1 amide bonds. The molecular formula is C22H21N3O4. The van der Waals surface area contributed by atoms with Crippen molar-refractivity contribution in [2.75, 3.05) is 24.5 Å². The first-order valence-electron chi connectivity index (χ1n) is 9.17. The summed E-state index contributed by atoms with van der Waals surface area (Å²) in [5.74, 6) is 1.82. The lowest BCUT2D eigenvalue weighted by atomic mass is 10.2. The van der Waals surface area contributed by atoms with Crippen molar-refractivity contribution in [2.24, 2.45) is 0 Å². The summed E-state index contributed by atoms with van der Waals surface area (Å²) in [6.07, 6.45) is 1.63. The molecule has 4 rings (SSSR count). The van der Waals surface area contributed by atoms with Gasteiger partial charge in [0.2, 0.25) is 6.79 Å². The maximum atomic E-state index is 12.5. The average Bonchev–Trinajstić information content (AvgIpc) is 3.21. The fourth-order valence-electron chi connectivity index (χ4n) is 2.99. The minimum atomic E-state index is -0.295. The van der Waals surface area contributed by atoms with Gasteiger partial charge in [-0.3, -0.25) is 4.79 Å². The van der Waals surface area contributed by atoms with Gasteiger partial charge in [0, 0.05) is 6.54 Å². The highest BCUT2D eigenvalue weighted by atomic mass is 16.7. The van der Waals surface area contributed by atoms with Crippen LogP contribution in [-0.4, -0.2) is 24.8 Å². The molecular weight excluding hydrogens is 370 g/mol. The predicted molar refractivity (Wildman–Crippen MR) is 110 cm³/mol. The van der Waals surface area contributed by atoms with Crippen LogP contribution in [0.15, 0.2) is 54.7 Å². The number of nitrogens with one attached hydrogen (secondary N) is 2. The predicted octanol–water partition coefficient (Wildman–Crippen LogP) is 3.99. The number of carbonyl (C=O) groups excluding carboxylic acids is 1. The largest absolute Gasteiger partial charge is 0.495 e. The number of aryl methyl sites for hydroxylation is 1. The van der Waals surface area contributed by atoms with Crippen molar-refractivity contribution in [1.82, 2.24) is 4.98 Å². The van der Waals surface area contributed by atoms with Gasteiger partial charge < -0.3 is 24.8 Å². The highest BCUT2D eigenvalue weighted by Gasteiger charge is 2.14. The molecule has 2 aromatic carbocycles. The third-order valence-electron chi connectivity index (χ3n) is 4.53. The Morgan fingerprint density at radius 3 is 2.76 bits per heavy atom. The number of benzene rings is 2. The van der Waals surface area contributed by atoms with Crippen LogP contribution in [0.3, 0.4) is 0 Å². The van der Waals surface area contributed by atoms with E-state index in [0.29, 0.717) is 23.7 Å². The summed E-state index contributed by atoms with van der Waals surface area (Å²) in [5, 5.41) is 6.13. The Bertz CT molecular complexity index is 1030. The average molecular weight is 391 g/mol. The van der Waals surface area contributed by atoms with E-state index in [4.69, 9.17) is 14.2 Å². The number of hydrogen-bond acceptors (Lipinski definition) is 6. The summed E-state index contributed by atoms with van der Waals surface area (Å²) in [6, 6.07) is 14.9. The van der Waals surface area contributed by atoms with E-state index in [0.717, 1.165) is 28.3 Å². The molecule has 0 bridgehead atoms. The Kier molecular flexibility index (Phi) is 5.20. The highest BCUT2D eigenvalue weighted by Crippen LogP contribution is 2.32. The molecule has 7 heteroatoms. The molecule has 2 heterocycles. The lowest BCUT2D eigenvalue weighted by molar-refractivity contribution is 0.102. The van der Waals surface area contributed by atoms with Crippen molar-refractivity contribution in [1.29, 1.82) is 0 Å². The molecule has 7 nitrogen and oxygen atoms in total. The van der Waals surface area contributed by atoms with Crippen LogP contribution in [0.5, 0.6) is 17.2 Å². The number of methoxy groups -OCH3 is 1. The van der Waals surface area contributed by atoms with Gasteiger partial charge in [0.05, 0.1) is 24.7 Å². The normalized spacial score (nSPS) is 11.8. The van der Waals surface area contributed by atoms with Gasteiger partial charge in [0.1, 0.15) is 11.4 Å². The number of anilines is 2. The summed E-state index contributed by atoms with van der Waals surface area (Å²) in [5.41, 5.74) is 3.83. The maximum Gasteiger partial charge on any atom is 0.274 e. The van der Waals surface area contributed by atoms with Crippen molar-refractivity contribution in [3.05, 3.63) is 71.5 Å². The Balaban J connectivity index is 1.38. The molecule has 1 aromatic heterocycles. The number of amides is 1. The smallest absolute Gasteiger partial charge is 0.274 e. The molecule has 1 aliphatic heterocycles. The monoisotopic (exact) mass is 391 g/mol. The molecule has 0 unspecified atom stereocenters. The number of fused-ring (bicyclic) bond motifs is 1. The van der Waals surface area contributed by atoms with Gasteiger partial charge in [0.15, 0.2) is 11.5 Å². The van der Waals surface area contributed by atoms with Crippen LogP contribution in [0, 0.1) is 6.92 Å². The number of carbonyl (C=O) groups is 1. The first-order chi connectivity index (χ1) is 14.1. The van der Waals surface area contributed by atoms with Crippen LogP contribution < -0.4 is 24.8 Å². The molecule has 3 aromatic rings. The van der Waals surface area contributed by atoms with Gasteiger partial charge in [-0.25, -0.2) is 4.98 Å². The van der Waals surface area contributed by atoms with Crippen LogP contribution >= 0.6 is 0 Å². The van der Waals surface area contributed by atoms with E-state index in [1.807, 2.05) is 49.4 Å². The minimum Gasteiger partial charge on any atom is -0.495 e. The second-order valence-electron chi connectivity index (χ2n) is 6.63. The lowest BCUT2D eigenvalue weighted by Gasteiger charge is -2.11.